The van der Waals surface area contributed by atoms with Crippen molar-refractivity contribution in [3.63, 3.8) is 0 Å². The molecule has 0 heterocycles. The van der Waals surface area contributed by atoms with E-state index in [4.69, 9.17) is 17.3 Å². The number of fused-ring (bicyclic) bond motifs is 1. The lowest BCUT2D eigenvalue weighted by molar-refractivity contribution is 0.466. The summed E-state index contributed by atoms with van der Waals surface area (Å²) in [4.78, 5) is 0. The van der Waals surface area contributed by atoms with Crippen LogP contribution in [0.25, 0.3) is 10.8 Å². The average molecular weight is 320 g/mol. The van der Waals surface area contributed by atoms with Crippen LogP contribution in [0.2, 0.25) is 5.02 Å². The number of aromatic hydroxyl groups is 1. The highest BCUT2D eigenvalue weighted by molar-refractivity contribution is 6.30. The van der Waals surface area contributed by atoms with Crippen molar-refractivity contribution in [2.24, 2.45) is 5.73 Å². The van der Waals surface area contributed by atoms with Crippen LogP contribution in [0.4, 0.5) is 0 Å². The van der Waals surface area contributed by atoms with Crippen molar-refractivity contribution >= 4 is 34.8 Å². The zero-order chi connectivity index (χ0) is 14.1. The van der Waals surface area contributed by atoms with Gasteiger partial charge in [-0.1, -0.05) is 54.1 Å². The molecule has 3 aromatic rings. The molecule has 0 amide bonds. The van der Waals surface area contributed by atoms with E-state index in [-0.39, 0.29) is 18.2 Å². The van der Waals surface area contributed by atoms with Crippen molar-refractivity contribution in [2.75, 3.05) is 0 Å². The summed E-state index contributed by atoms with van der Waals surface area (Å²) < 4.78 is 0. The van der Waals surface area contributed by atoms with Gasteiger partial charge in [0.2, 0.25) is 0 Å². The maximum atomic E-state index is 10.2. The van der Waals surface area contributed by atoms with E-state index in [1.165, 1.54) is 0 Å². The van der Waals surface area contributed by atoms with Crippen molar-refractivity contribution in [1.82, 2.24) is 0 Å². The zero-order valence-electron chi connectivity index (χ0n) is 11.2. The molecule has 0 aliphatic heterocycles. The number of benzene rings is 3. The van der Waals surface area contributed by atoms with E-state index in [2.05, 4.69) is 0 Å². The van der Waals surface area contributed by atoms with E-state index < -0.39 is 6.04 Å². The molecule has 1 atom stereocenters. The molecule has 0 fully saturated rings. The molecular weight excluding hydrogens is 305 g/mol. The molecule has 2 nitrogen and oxygen atoms in total. The first-order valence-corrected chi connectivity index (χ1v) is 6.76. The minimum Gasteiger partial charge on any atom is -0.508 e. The largest absolute Gasteiger partial charge is 0.508 e. The molecule has 0 radical (unpaired) electrons. The summed E-state index contributed by atoms with van der Waals surface area (Å²) in [7, 11) is 0. The lowest BCUT2D eigenvalue weighted by Crippen LogP contribution is -2.12. The van der Waals surface area contributed by atoms with Gasteiger partial charge in [0, 0.05) is 10.6 Å². The third-order valence-electron chi connectivity index (χ3n) is 3.49. The van der Waals surface area contributed by atoms with Gasteiger partial charge < -0.3 is 10.8 Å². The molecule has 3 rings (SSSR count). The summed E-state index contributed by atoms with van der Waals surface area (Å²) in [5.41, 5.74) is 7.99. The minimum absolute atomic E-state index is 0. The van der Waals surface area contributed by atoms with Crippen LogP contribution in [0.15, 0.2) is 60.7 Å². The predicted octanol–water partition coefficient (Wildman–Crippen LogP) is 4.67. The fourth-order valence-electron chi connectivity index (χ4n) is 2.45. The molecule has 3 aromatic carbocycles. The second-order valence-corrected chi connectivity index (χ2v) is 5.19. The lowest BCUT2D eigenvalue weighted by Gasteiger charge is -2.17. The van der Waals surface area contributed by atoms with Gasteiger partial charge in [0.05, 0.1) is 6.04 Å². The molecule has 0 unspecified atom stereocenters. The van der Waals surface area contributed by atoms with Gasteiger partial charge in [-0.3, -0.25) is 0 Å². The van der Waals surface area contributed by atoms with Gasteiger partial charge in [-0.05, 0) is 34.5 Å². The standard InChI is InChI=1S/C17H14ClNO.ClH/c18-13-8-5-12(6-9-13)17(19)16-14-4-2-1-3-11(14)7-10-15(16)20;/h1-10,17,20H,19H2;1H/t17-;/m0./s1. The van der Waals surface area contributed by atoms with Crippen LogP contribution < -0.4 is 5.73 Å². The van der Waals surface area contributed by atoms with Crippen LogP contribution in [0.3, 0.4) is 0 Å². The number of rotatable bonds is 2. The Morgan fingerprint density at radius 2 is 1.57 bits per heavy atom. The molecule has 0 saturated heterocycles. The SMILES string of the molecule is Cl.N[C@@H](c1ccc(Cl)cc1)c1c(O)ccc2ccccc12. The van der Waals surface area contributed by atoms with Crippen molar-refractivity contribution in [2.45, 2.75) is 6.04 Å². The molecule has 0 aliphatic carbocycles. The molecule has 3 N–H and O–H groups in total. The number of phenols is 1. The summed E-state index contributed by atoms with van der Waals surface area (Å²) in [6.45, 7) is 0. The number of hydrogen-bond acceptors (Lipinski definition) is 2. The summed E-state index contributed by atoms with van der Waals surface area (Å²) in [5, 5.41) is 12.9. The fraction of sp³-hybridized carbons (Fsp3) is 0.0588. The Morgan fingerprint density at radius 3 is 2.29 bits per heavy atom. The zero-order valence-corrected chi connectivity index (χ0v) is 12.7. The monoisotopic (exact) mass is 319 g/mol. The topological polar surface area (TPSA) is 46.2 Å². The fourth-order valence-corrected chi connectivity index (χ4v) is 2.57. The van der Waals surface area contributed by atoms with Crippen molar-refractivity contribution in [1.29, 1.82) is 0 Å². The summed E-state index contributed by atoms with van der Waals surface area (Å²) >= 11 is 5.90. The van der Waals surface area contributed by atoms with Crippen molar-refractivity contribution < 1.29 is 5.11 Å². The third-order valence-corrected chi connectivity index (χ3v) is 3.74. The van der Waals surface area contributed by atoms with Crippen LogP contribution in [0, 0.1) is 0 Å². The molecule has 108 valence electrons. The number of hydrogen-bond donors (Lipinski definition) is 2. The molecule has 0 bridgehead atoms. The first-order valence-electron chi connectivity index (χ1n) is 6.38. The maximum Gasteiger partial charge on any atom is 0.121 e. The Hall–Kier alpha value is -1.74. The van der Waals surface area contributed by atoms with E-state index in [0.717, 1.165) is 21.9 Å². The molecule has 0 aromatic heterocycles. The highest BCUT2D eigenvalue weighted by atomic mass is 35.5. The Morgan fingerprint density at radius 1 is 0.905 bits per heavy atom. The highest BCUT2D eigenvalue weighted by Gasteiger charge is 2.16. The van der Waals surface area contributed by atoms with E-state index >= 15 is 0 Å². The Kier molecular flexibility index (Phi) is 4.73. The molecule has 0 saturated carbocycles. The van der Waals surface area contributed by atoms with Crippen LogP contribution in [0.5, 0.6) is 5.75 Å². The van der Waals surface area contributed by atoms with Crippen LogP contribution in [0.1, 0.15) is 17.2 Å². The molecule has 0 aliphatic rings. The summed E-state index contributed by atoms with van der Waals surface area (Å²) in [5.74, 6) is 0.214. The average Bonchev–Trinajstić information content (AvgIpc) is 2.47. The summed E-state index contributed by atoms with van der Waals surface area (Å²) in [6, 6.07) is 18.5. The van der Waals surface area contributed by atoms with Gasteiger partial charge in [-0.15, -0.1) is 12.4 Å². The van der Waals surface area contributed by atoms with Crippen LogP contribution in [-0.4, -0.2) is 5.11 Å². The number of nitrogens with two attached hydrogens (primary N) is 1. The van der Waals surface area contributed by atoms with Gasteiger partial charge in [0.25, 0.3) is 0 Å². The first kappa shape index (κ1) is 15.6. The van der Waals surface area contributed by atoms with E-state index in [0.29, 0.717) is 5.02 Å². The van der Waals surface area contributed by atoms with Gasteiger partial charge in [0.15, 0.2) is 0 Å². The van der Waals surface area contributed by atoms with Gasteiger partial charge >= 0.3 is 0 Å². The molecule has 4 heteroatoms. The van der Waals surface area contributed by atoms with Gasteiger partial charge in [-0.25, -0.2) is 0 Å². The second kappa shape index (κ2) is 6.35. The molecular formula is C17H15Cl2NO. The lowest BCUT2D eigenvalue weighted by atomic mass is 9.93. The minimum atomic E-state index is -0.390. The summed E-state index contributed by atoms with van der Waals surface area (Å²) in [6.07, 6.45) is 0. The van der Waals surface area contributed by atoms with E-state index in [1.54, 1.807) is 18.2 Å². The van der Waals surface area contributed by atoms with Crippen molar-refractivity contribution in [3.05, 3.63) is 76.8 Å². The van der Waals surface area contributed by atoms with Gasteiger partial charge in [-0.2, -0.15) is 0 Å². The number of halogens is 2. The van der Waals surface area contributed by atoms with Crippen LogP contribution >= 0.6 is 24.0 Å². The quantitative estimate of drug-likeness (QED) is 0.721. The molecule has 0 spiro atoms. The second-order valence-electron chi connectivity index (χ2n) is 4.75. The first-order chi connectivity index (χ1) is 9.66. The highest BCUT2D eigenvalue weighted by Crippen LogP contribution is 2.34. The van der Waals surface area contributed by atoms with Gasteiger partial charge in [0.1, 0.15) is 5.75 Å². The van der Waals surface area contributed by atoms with E-state index in [1.807, 2.05) is 42.5 Å². The van der Waals surface area contributed by atoms with E-state index in [9.17, 15) is 5.11 Å². The Balaban J connectivity index is 0.00000161. The Labute approximate surface area is 134 Å². The number of phenolic OH excluding ortho intramolecular Hbond substituents is 1. The predicted molar refractivity (Wildman–Crippen MR) is 90.3 cm³/mol. The smallest absolute Gasteiger partial charge is 0.121 e. The van der Waals surface area contributed by atoms with Crippen molar-refractivity contribution in [3.8, 4) is 5.75 Å². The third kappa shape index (κ3) is 2.98. The normalized spacial score (nSPS) is 11.9. The van der Waals surface area contributed by atoms with Crippen LogP contribution in [-0.2, 0) is 0 Å². The maximum absolute atomic E-state index is 10.2. The molecule has 21 heavy (non-hydrogen) atoms. The Bertz CT molecular complexity index is 756.